The van der Waals surface area contributed by atoms with Gasteiger partial charge in [0.25, 0.3) is 0 Å². The van der Waals surface area contributed by atoms with Crippen molar-refractivity contribution in [1.29, 1.82) is 0 Å². The molecule has 0 saturated heterocycles. The molecule has 0 amide bonds. The zero-order valence-electron chi connectivity index (χ0n) is 11.0. The van der Waals surface area contributed by atoms with Gasteiger partial charge >= 0.3 is 0 Å². The lowest BCUT2D eigenvalue weighted by molar-refractivity contribution is 0.177. The first-order chi connectivity index (χ1) is 8.08. The fourth-order valence-corrected chi connectivity index (χ4v) is 2.71. The van der Waals surface area contributed by atoms with Gasteiger partial charge in [0, 0.05) is 24.8 Å². The molecule has 1 aromatic rings. The molecule has 0 bridgehead atoms. The van der Waals surface area contributed by atoms with E-state index in [0.717, 1.165) is 38.0 Å². The molecule has 1 heterocycles. The highest BCUT2D eigenvalue weighted by Gasteiger charge is 2.22. The van der Waals surface area contributed by atoms with Crippen LogP contribution in [0.25, 0.3) is 0 Å². The molecule has 96 valence electrons. The number of aromatic nitrogens is 2. The Bertz CT molecular complexity index is 386. The fourth-order valence-electron chi connectivity index (χ4n) is 2.71. The summed E-state index contributed by atoms with van der Waals surface area (Å²) in [5.74, 6) is 0.641. The molecular formula is C13H23N3O. The minimum absolute atomic E-state index is 0.0661. The second-order valence-corrected chi connectivity index (χ2v) is 5.24. The van der Waals surface area contributed by atoms with Gasteiger partial charge in [0.1, 0.15) is 0 Å². The van der Waals surface area contributed by atoms with E-state index in [2.05, 4.69) is 24.3 Å². The van der Waals surface area contributed by atoms with Crippen molar-refractivity contribution < 1.29 is 5.11 Å². The number of hydrogen-bond donors (Lipinski definition) is 2. The molecule has 0 spiro atoms. The number of aliphatic hydroxyl groups excluding tert-OH is 1. The smallest absolute Gasteiger partial charge is 0.0641 e. The molecule has 1 aliphatic carbocycles. The Morgan fingerprint density at radius 3 is 2.71 bits per heavy atom. The van der Waals surface area contributed by atoms with E-state index in [-0.39, 0.29) is 6.10 Å². The third-order valence-electron chi connectivity index (χ3n) is 3.91. The highest BCUT2D eigenvalue weighted by molar-refractivity contribution is 5.23. The number of nitrogens with one attached hydrogen (secondary N) is 1. The van der Waals surface area contributed by atoms with Crippen molar-refractivity contribution >= 4 is 0 Å². The van der Waals surface area contributed by atoms with Crippen LogP contribution in [-0.4, -0.2) is 27.5 Å². The lowest BCUT2D eigenvalue weighted by atomic mass is 10.1. The summed E-state index contributed by atoms with van der Waals surface area (Å²) >= 11 is 0. The molecule has 1 aliphatic rings. The molecule has 1 saturated carbocycles. The summed E-state index contributed by atoms with van der Waals surface area (Å²) in [7, 11) is 1.99. The normalized spacial score (nSPS) is 24.5. The van der Waals surface area contributed by atoms with Crippen molar-refractivity contribution in [2.75, 3.05) is 6.54 Å². The monoisotopic (exact) mass is 237 g/mol. The zero-order chi connectivity index (χ0) is 12.4. The minimum Gasteiger partial charge on any atom is -0.393 e. The standard InChI is InChI=1S/C13H23N3O/c1-9-13(10(2)16(3)15-9)8-14-7-11-4-5-12(17)6-11/h11-12,14,17H,4-8H2,1-3H3. The third-order valence-corrected chi connectivity index (χ3v) is 3.91. The van der Waals surface area contributed by atoms with E-state index < -0.39 is 0 Å². The maximum absolute atomic E-state index is 9.47. The van der Waals surface area contributed by atoms with E-state index >= 15 is 0 Å². The second kappa shape index (κ2) is 5.19. The Hall–Kier alpha value is -0.870. The van der Waals surface area contributed by atoms with E-state index in [0.29, 0.717) is 5.92 Å². The summed E-state index contributed by atoms with van der Waals surface area (Å²) in [6.45, 7) is 6.06. The SMILES string of the molecule is Cc1nn(C)c(C)c1CNCC1CCC(O)C1. The Morgan fingerprint density at radius 1 is 1.41 bits per heavy atom. The van der Waals surface area contributed by atoms with Crippen LogP contribution in [0.5, 0.6) is 0 Å². The molecule has 17 heavy (non-hydrogen) atoms. The first-order valence-corrected chi connectivity index (χ1v) is 6.45. The van der Waals surface area contributed by atoms with Gasteiger partial charge in [0.15, 0.2) is 0 Å². The van der Waals surface area contributed by atoms with Gasteiger partial charge in [0.05, 0.1) is 11.8 Å². The molecule has 1 fully saturated rings. The molecule has 0 aromatic carbocycles. The van der Waals surface area contributed by atoms with Crippen LogP contribution in [0.3, 0.4) is 0 Å². The Morgan fingerprint density at radius 2 is 2.18 bits per heavy atom. The minimum atomic E-state index is -0.0661. The van der Waals surface area contributed by atoms with Crippen LogP contribution in [0.2, 0.25) is 0 Å². The van der Waals surface area contributed by atoms with Crippen molar-refractivity contribution in [2.45, 2.75) is 45.8 Å². The van der Waals surface area contributed by atoms with E-state index in [1.165, 1.54) is 11.3 Å². The van der Waals surface area contributed by atoms with Gasteiger partial charge in [0.2, 0.25) is 0 Å². The quantitative estimate of drug-likeness (QED) is 0.829. The van der Waals surface area contributed by atoms with Crippen LogP contribution in [0.4, 0.5) is 0 Å². The number of hydrogen-bond acceptors (Lipinski definition) is 3. The topological polar surface area (TPSA) is 50.1 Å². The number of rotatable bonds is 4. The van der Waals surface area contributed by atoms with Crippen LogP contribution in [0.1, 0.15) is 36.2 Å². The molecule has 1 aromatic heterocycles. The molecular weight excluding hydrogens is 214 g/mol. The maximum Gasteiger partial charge on any atom is 0.0641 e. The summed E-state index contributed by atoms with van der Waals surface area (Å²) in [6, 6.07) is 0. The molecule has 4 nitrogen and oxygen atoms in total. The summed E-state index contributed by atoms with van der Waals surface area (Å²) in [6.07, 6.45) is 3.01. The third kappa shape index (κ3) is 2.87. The summed E-state index contributed by atoms with van der Waals surface area (Å²) < 4.78 is 1.94. The molecule has 4 heteroatoms. The molecule has 2 unspecified atom stereocenters. The number of nitrogens with zero attached hydrogens (tertiary/aromatic N) is 2. The van der Waals surface area contributed by atoms with Gasteiger partial charge in [-0.1, -0.05) is 0 Å². The summed E-state index contributed by atoms with van der Waals surface area (Å²) in [4.78, 5) is 0. The van der Waals surface area contributed by atoms with Gasteiger partial charge in [-0.2, -0.15) is 5.10 Å². The van der Waals surface area contributed by atoms with Crippen molar-refractivity contribution in [3.8, 4) is 0 Å². The largest absolute Gasteiger partial charge is 0.393 e. The average molecular weight is 237 g/mol. The average Bonchev–Trinajstić information content (AvgIpc) is 2.78. The van der Waals surface area contributed by atoms with Crippen molar-refractivity contribution in [1.82, 2.24) is 15.1 Å². The van der Waals surface area contributed by atoms with Crippen LogP contribution in [0, 0.1) is 19.8 Å². The van der Waals surface area contributed by atoms with Crippen molar-refractivity contribution in [3.63, 3.8) is 0 Å². The van der Waals surface area contributed by atoms with Gasteiger partial charge < -0.3 is 10.4 Å². The maximum atomic E-state index is 9.47. The lowest BCUT2D eigenvalue weighted by Gasteiger charge is -2.11. The summed E-state index contributed by atoms with van der Waals surface area (Å²) in [5.41, 5.74) is 3.66. The predicted octanol–water partition coefficient (Wildman–Crippen LogP) is 1.29. The van der Waals surface area contributed by atoms with E-state index in [9.17, 15) is 5.11 Å². The van der Waals surface area contributed by atoms with Crippen LogP contribution < -0.4 is 5.32 Å². The highest BCUT2D eigenvalue weighted by atomic mass is 16.3. The predicted molar refractivity (Wildman–Crippen MR) is 67.7 cm³/mol. The first-order valence-electron chi connectivity index (χ1n) is 6.45. The molecule has 0 radical (unpaired) electrons. The highest BCUT2D eigenvalue weighted by Crippen LogP contribution is 2.24. The van der Waals surface area contributed by atoms with Crippen molar-refractivity contribution in [3.05, 3.63) is 17.0 Å². The molecule has 2 rings (SSSR count). The first kappa shape index (κ1) is 12.6. The Kier molecular flexibility index (Phi) is 3.84. The number of aryl methyl sites for hydroxylation is 2. The van der Waals surface area contributed by atoms with Gasteiger partial charge in [-0.3, -0.25) is 4.68 Å². The van der Waals surface area contributed by atoms with Crippen LogP contribution in [0.15, 0.2) is 0 Å². The van der Waals surface area contributed by atoms with Gasteiger partial charge in [-0.15, -0.1) is 0 Å². The lowest BCUT2D eigenvalue weighted by Crippen LogP contribution is -2.22. The Balaban J connectivity index is 1.82. The zero-order valence-corrected chi connectivity index (χ0v) is 11.0. The Labute approximate surface area is 103 Å². The van der Waals surface area contributed by atoms with Gasteiger partial charge in [-0.05, 0) is 45.6 Å². The summed E-state index contributed by atoms with van der Waals surface area (Å²) in [5, 5.41) is 17.4. The van der Waals surface area contributed by atoms with Crippen LogP contribution >= 0.6 is 0 Å². The van der Waals surface area contributed by atoms with E-state index in [4.69, 9.17) is 0 Å². The molecule has 2 N–H and O–H groups in total. The van der Waals surface area contributed by atoms with Crippen LogP contribution in [-0.2, 0) is 13.6 Å². The second-order valence-electron chi connectivity index (χ2n) is 5.24. The van der Waals surface area contributed by atoms with Crippen molar-refractivity contribution in [2.24, 2.45) is 13.0 Å². The molecule has 0 aliphatic heterocycles. The molecule has 2 atom stereocenters. The fraction of sp³-hybridized carbons (Fsp3) is 0.769. The van der Waals surface area contributed by atoms with E-state index in [1.54, 1.807) is 0 Å². The number of aliphatic hydroxyl groups is 1. The van der Waals surface area contributed by atoms with Gasteiger partial charge in [-0.25, -0.2) is 0 Å². The van der Waals surface area contributed by atoms with E-state index in [1.807, 2.05) is 11.7 Å².